The topological polar surface area (TPSA) is 70.0 Å². The summed E-state index contributed by atoms with van der Waals surface area (Å²) in [5.74, 6) is -0.285. The average molecular weight is 306 g/mol. The van der Waals surface area contributed by atoms with Crippen LogP contribution in [0.15, 0.2) is 48.5 Å². The Balaban J connectivity index is 1.88. The molecule has 0 aromatic heterocycles. The lowest BCUT2D eigenvalue weighted by Gasteiger charge is -2.06. The highest BCUT2D eigenvalue weighted by Crippen LogP contribution is 2.12. The molecule has 2 aromatic rings. The summed E-state index contributed by atoms with van der Waals surface area (Å²) >= 11 is 0. The third-order valence-corrected chi connectivity index (χ3v) is 3.54. The van der Waals surface area contributed by atoms with Gasteiger partial charge in [0.2, 0.25) is 5.91 Å². The smallest absolute Gasteiger partial charge is 0.224 e. The first-order valence-electron chi connectivity index (χ1n) is 7.54. The van der Waals surface area contributed by atoms with Gasteiger partial charge in [-0.15, -0.1) is 0 Å². The number of carbonyl (C=O) groups is 2. The van der Waals surface area contributed by atoms with Gasteiger partial charge in [0.05, 0.1) is 11.6 Å². The summed E-state index contributed by atoms with van der Waals surface area (Å²) in [7, 11) is 0. The van der Waals surface area contributed by atoms with Crippen LogP contribution in [0.2, 0.25) is 0 Å². The second kappa shape index (κ2) is 7.90. The van der Waals surface area contributed by atoms with E-state index in [9.17, 15) is 9.59 Å². The Morgan fingerprint density at radius 2 is 1.83 bits per heavy atom. The zero-order valence-corrected chi connectivity index (χ0v) is 13.0. The molecule has 2 rings (SSSR count). The monoisotopic (exact) mass is 306 g/mol. The van der Waals surface area contributed by atoms with Crippen molar-refractivity contribution >= 4 is 17.4 Å². The molecule has 0 saturated carbocycles. The summed E-state index contributed by atoms with van der Waals surface area (Å²) in [5.41, 5.74) is 2.85. The second-order valence-corrected chi connectivity index (χ2v) is 5.21. The number of ketones is 1. The van der Waals surface area contributed by atoms with Gasteiger partial charge in [0.15, 0.2) is 5.78 Å². The molecule has 1 N–H and O–H groups in total. The van der Waals surface area contributed by atoms with Gasteiger partial charge in [-0.05, 0) is 30.2 Å². The molecular weight excluding hydrogens is 288 g/mol. The van der Waals surface area contributed by atoms with Gasteiger partial charge in [-0.25, -0.2) is 0 Å². The largest absolute Gasteiger partial charge is 0.326 e. The number of nitrogens with zero attached hydrogens (tertiary/aromatic N) is 1. The van der Waals surface area contributed by atoms with Crippen molar-refractivity contribution in [3.63, 3.8) is 0 Å². The number of anilines is 1. The third kappa shape index (κ3) is 4.79. The lowest BCUT2D eigenvalue weighted by Crippen LogP contribution is -2.13. The quantitative estimate of drug-likeness (QED) is 0.827. The molecule has 4 heteroatoms. The fraction of sp³-hybridized carbons (Fsp3) is 0.211. The summed E-state index contributed by atoms with van der Waals surface area (Å²) in [5, 5.41) is 11.5. The summed E-state index contributed by atoms with van der Waals surface area (Å²) in [6.07, 6.45) is 1.21. The average Bonchev–Trinajstić information content (AvgIpc) is 2.60. The highest BCUT2D eigenvalue weighted by molar-refractivity contribution is 6.00. The second-order valence-electron chi connectivity index (χ2n) is 5.21. The Morgan fingerprint density at radius 3 is 2.48 bits per heavy atom. The summed E-state index contributed by atoms with van der Waals surface area (Å²) in [4.78, 5) is 24.0. The molecule has 0 aliphatic carbocycles. The highest BCUT2D eigenvalue weighted by Gasteiger charge is 2.10. The minimum Gasteiger partial charge on any atom is -0.326 e. The van der Waals surface area contributed by atoms with E-state index in [0.717, 1.165) is 6.42 Å². The van der Waals surface area contributed by atoms with Crippen molar-refractivity contribution in [2.45, 2.75) is 26.2 Å². The van der Waals surface area contributed by atoms with Crippen molar-refractivity contribution in [2.24, 2.45) is 0 Å². The molecule has 4 nitrogen and oxygen atoms in total. The van der Waals surface area contributed by atoms with Crippen LogP contribution in [0.5, 0.6) is 0 Å². The first-order valence-corrected chi connectivity index (χ1v) is 7.54. The maximum atomic E-state index is 12.1. The predicted molar refractivity (Wildman–Crippen MR) is 89.2 cm³/mol. The van der Waals surface area contributed by atoms with Gasteiger partial charge in [0.1, 0.15) is 0 Å². The van der Waals surface area contributed by atoms with E-state index in [2.05, 4.69) is 12.2 Å². The van der Waals surface area contributed by atoms with Gasteiger partial charge in [-0.3, -0.25) is 9.59 Å². The molecule has 0 radical (unpaired) electrons. The lowest BCUT2D eigenvalue weighted by atomic mass is 10.0. The number of hydrogen-bond donors (Lipinski definition) is 1. The van der Waals surface area contributed by atoms with Crippen molar-refractivity contribution in [2.75, 3.05) is 5.32 Å². The molecule has 0 aliphatic heterocycles. The number of nitriles is 1. The number of benzene rings is 2. The van der Waals surface area contributed by atoms with Crippen LogP contribution in [0.3, 0.4) is 0 Å². The van der Waals surface area contributed by atoms with Crippen LogP contribution in [-0.2, 0) is 11.2 Å². The normalized spacial score (nSPS) is 9.91. The number of Topliss-reactive ketones (excluding diaryl/α,β-unsaturated/α-hetero) is 1. The summed E-state index contributed by atoms with van der Waals surface area (Å²) < 4.78 is 0. The summed E-state index contributed by atoms with van der Waals surface area (Å²) in [6.45, 7) is 2.06. The maximum absolute atomic E-state index is 12.1. The van der Waals surface area contributed by atoms with Crippen molar-refractivity contribution in [1.29, 1.82) is 5.26 Å². The minimum atomic E-state index is -0.237. The molecule has 0 spiro atoms. The van der Waals surface area contributed by atoms with Crippen LogP contribution in [0.1, 0.15) is 41.3 Å². The Bertz CT molecular complexity index is 743. The van der Waals surface area contributed by atoms with Crippen molar-refractivity contribution < 1.29 is 9.59 Å². The molecule has 2 aromatic carbocycles. The number of amides is 1. The van der Waals surface area contributed by atoms with Gasteiger partial charge in [0, 0.05) is 24.1 Å². The number of nitrogens with one attached hydrogen (secondary N) is 1. The fourth-order valence-corrected chi connectivity index (χ4v) is 2.19. The SMILES string of the molecule is CCc1ccc(C(=O)CCC(=O)Nc2cccc(C#N)c2)cc1. The van der Waals surface area contributed by atoms with Gasteiger partial charge in [0.25, 0.3) is 0 Å². The van der Waals surface area contributed by atoms with Crippen LogP contribution >= 0.6 is 0 Å². The van der Waals surface area contributed by atoms with Crippen molar-refractivity contribution in [1.82, 2.24) is 0 Å². The van der Waals surface area contributed by atoms with Gasteiger partial charge >= 0.3 is 0 Å². The Morgan fingerprint density at radius 1 is 1.09 bits per heavy atom. The van der Waals surface area contributed by atoms with E-state index in [4.69, 9.17) is 5.26 Å². The van der Waals surface area contributed by atoms with Gasteiger partial charge < -0.3 is 5.32 Å². The molecule has 1 amide bonds. The van der Waals surface area contributed by atoms with E-state index in [-0.39, 0.29) is 24.5 Å². The molecule has 116 valence electrons. The third-order valence-electron chi connectivity index (χ3n) is 3.54. The zero-order valence-electron chi connectivity index (χ0n) is 13.0. The van der Waals surface area contributed by atoms with E-state index in [1.807, 2.05) is 18.2 Å². The van der Waals surface area contributed by atoms with Crippen LogP contribution in [-0.4, -0.2) is 11.7 Å². The first kappa shape index (κ1) is 16.4. The Hall–Kier alpha value is -2.93. The minimum absolute atomic E-state index is 0.0476. The van der Waals surface area contributed by atoms with E-state index >= 15 is 0 Å². The number of carbonyl (C=O) groups excluding carboxylic acids is 2. The zero-order chi connectivity index (χ0) is 16.7. The Labute approximate surface area is 135 Å². The first-order chi connectivity index (χ1) is 11.1. The van der Waals surface area contributed by atoms with Crippen LogP contribution in [0.25, 0.3) is 0 Å². The van der Waals surface area contributed by atoms with E-state index < -0.39 is 0 Å². The molecule has 0 heterocycles. The van der Waals surface area contributed by atoms with E-state index in [1.165, 1.54) is 5.56 Å². The van der Waals surface area contributed by atoms with Crippen molar-refractivity contribution in [3.05, 3.63) is 65.2 Å². The Kier molecular flexibility index (Phi) is 5.65. The molecular formula is C19H18N2O2. The maximum Gasteiger partial charge on any atom is 0.224 e. The number of aryl methyl sites for hydroxylation is 1. The molecule has 0 saturated heterocycles. The molecule has 0 atom stereocenters. The lowest BCUT2D eigenvalue weighted by molar-refractivity contribution is -0.116. The molecule has 0 bridgehead atoms. The van der Waals surface area contributed by atoms with Gasteiger partial charge in [-0.1, -0.05) is 37.3 Å². The van der Waals surface area contributed by atoms with Gasteiger partial charge in [-0.2, -0.15) is 5.26 Å². The molecule has 0 aliphatic rings. The summed E-state index contributed by atoms with van der Waals surface area (Å²) in [6, 6.07) is 16.2. The molecule has 23 heavy (non-hydrogen) atoms. The molecule has 0 unspecified atom stereocenters. The van der Waals surface area contributed by atoms with Crippen molar-refractivity contribution in [3.8, 4) is 6.07 Å². The van der Waals surface area contributed by atoms with Crippen LogP contribution < -0.4 is 5.32 Å². The number of rotatable bonds is 6. The predicted octanol–water partition coefficient (Wildman–Crippen LogP) is 3.72. The van der Waals surface area contributed by atoms with E-state index in [1.54, 1.807) is 36.4 Å². The van der Waals surface area contributed by atoms with Crippen LogP contribution in [0, 0.1) is 11.3 Å². The van der Waals surface area contributed by atoms with Crippen LogP contribution in [0.4, 0.5) is 5.69 Å². The molecule has 0 fully saturated rings. The van der Waals surface area contributed by atoms with E-state index in [0.29, 0.717) is 16.8 Å². The highest BCUT2D eigenvalue weighted by atomic mass is 16.2. The number of hydrogen-bond acceptors (Lipinski definition) is 3. The fourth-order valence-electron chi connectivity index (χ4n) is 2.19. The standard InChI is InChI=1S/C19H18N2O2/c1-2-14-6-8-16(9-7-14)18(22)10-11-19(23)21-17-5-3-4-15(12-17)13-20/h3-9,12H,2,10-11H2,1H3,(H,21,23).